The van der Waals surface area contributed by atoms with Gasteiger partial charge in [0.15, 0.2) is 0 Å². The zero-order valence-electron chi connectivity index (χ0n) is 9.40. The Bertz CT molecular complexity index is 633. The Labute approximate surface area is 101 Å². The number of carboxylic acids is 1. The second-order valence-corrected chi connectivity index (χ2v) is 3.67. The molecule has 1 N–H and O–H groups in total. The summed E-state index contributed by atoms with van der Waals surface area (Å²) < 4.78 is 1.45. The molecule has 0 saturated carbocycles. The minimum Gasteiger partial charge on any atom is -0.477 e. The average Bonchev–Trinajstić information content (AvgIpc) is 2.75. The van der Waals surface area contributed by atoms with E-state index < -0.39 is 16.6 Å². The van der Waals surface area contributed by atoms with Crippen molar-refractivity contribution in [2.24, 2.45) is 0 Å². The predicted octanol–water partition coefficient (Wildman–Crippen LogP) is 1.79. The van der Waals surface area contributed by atoms with Crippen molar-refractivity contribution in [2.75, 3.05) is 0 Å². The highest BCUT2D eigenvalue weighted by atomic mass is 16.6. The van der Waals surface area contributed by atoms with Gasteiger partial charge >= 0.3 is 5.97 Å². The Morgan fingerprint density at radius 3 is 2.67 bits per heavy atom. The summed E-state index contributed by atoms with van der Waals surface area (Å²) >= 11 is 0. The molecule has 0 aliphatic heterocycles. The van der Waals surface area contributed by atoms with Crippen molar-refractivity contribution in [3.05, 3.63) is 51.8 Å². The third kappa shape index (κ3) is 2.05. The largest absolute Gasteiger partial charge is 0.477 e. The second kappa shape index (κ2) is 4.28. The van der Waals surface area contributed by atoms with Crippen molar-refractivity contribution in [1.82, 2.24) is 9.78 Å². The minimum atomic E-state index is -1.33. The number of rotatable bonds is 3. The summed E-state index contributed by atoms with van der Waals surface area (Å²) in [5, 5.41) is 23.8. The lowest BCUT2D eigenvalue weighted by Gasteiger charge is -2.03. The lowest BCUT2D eigenvalue weighted by Crippen LogP contribution is -2.04. The Hall–Kier alpha value is -2.70. The summed E-state index contributed by atoms with van der Waals surface area (Å²) in [5.74, 6) is -1.33. The fourth-order valence-electron chi connectivity index (χ4n) is 1.55. The number of carboxylic acid groups (broad SMARTS) is 1. The lowest BCUT2D eigenvalue weighted by molar-refractivity contribution is -0.385. The SMILES string of the molecule is Cc1ccn(-c2ccc(C(=O)O)c([N+](=O)[O-])c2)n1. The van der Waals surface area contributed by atoms with Crippen LogP contribution in [-0.2, 0) is 0 Å². The van der Waals surface area contributed by atoms with Crippen molar-refractivity contribution in [1.29, 1.82) is 0 Å². The average molecular weight is 247 g/mol. The van der Waals surface area contributed by atoms with E-state index in [-0.39, 0.29) is 5.56 Å². The Morgan fingerprint density at radius 2 is 2.17 bits per heavy atom. The van der Waals surface area contributed by atoms with E-state index in [0.717, 1.165) is 5.69 Å². The maximum absolute atomic E-state index is 10.9. The van der Waals surface area contributed by atoms with Crippen LogP contribution in [0, 0.1) is 17.0 Å². The number of hydrogen-bond acceptors (Lipinski definition) is 4. The molecule has 0 spiro atoms. The van der Waals surface area contributed by atoms with Crippen LogP contribution in [0.15, 0.2) is 30.5 Å². The van der Waals surface area contributed by atoms with Crippen molar-refractivity contribution < 1.29 is 14.8 Å². The van der Waals surface area contributed by atoms with Gasteiger partial charge in [0.05, 0.1) is 16.3 Å². The number of benzene rings is 1. The van der Waals surface area contributed by atoms with Crippen LogP contribution < -0.4 is 0 Å². The maximum atomic E-state index is 10.9. The third-order valence-corrected chi connectivity index (χ3v) is 2.40. The van der Waals surface area contributed by atoms with Gasteiger partial charge in [-0.2, -0.15) is 5.10 Å². The van der Waals surface area contributed by atoms with E-state index in [1.807, 2.05) is 0 Å². The van der Waals surface area contributed by atoms with Gasteiger partial charge in [-0.15, -0.1) is 0 Å². The van der Waals surface area contributed by atoms with Crippen LogP contribution in [0.25, 0.3) is 5.69 Å². The first-order valence-electron chi connectivity index (χ1n) is 5.03. The molecule has 7 nitrogen and oxygen atoms in total. The zero-order chi connectivity index (χ0) is 13.3. The molecule has 0 atom stereocenters. The van der Waals surface area contributed by atoms with Gasteiger partial charge in [0, 0.05) is 12.3 Å². The summed E-state index contributed by atoms with van der Waals surface area (Å²) in [4.78, 5) is 21.0. The number of nitrogens with zero attached hydrogens (tertiary/aromatic N) is 3. The van der Waals surface area contributed by atoms with Gasteiger partial charge in [0.1, 0.15) is 5.56 Å². The molecule has 7 heteroatoms. The van der Waals surface area contributed by atoms with Crippen LogP contribution in [0.3, 0.4) is 0 Å². The number of aryl methyl sites for hydroxylation is 1. The molecule has 0 amide bonds. The van der Waals surface area contributed by atoms with E-state index in [1.54, 1.807) is 19.2 Å². The highest BCUT2D eigenvalue weighted by molar-refractivity contribution is 5.92. The Kier molecular flexibility index (Phi) is 2.80. The molecule has 0 bridgehead atoms. The summed E-state index contributed by atoms with van der Waals surface area (Å²) in [7, 11) is 0. The predicted molar refractivity (Wildman–Crippen MR) is 61.9 cm³/mol. The molecule has 1 aromatic heterocycles. The van der Waals surface area contributed by atoms with Crippen LogP contribution in [0.4, 0.5) is 5.69 Å². The van der Waals surface area contributed by atoms with E-state index in [1.165, 1.54) is 22.9 Å². The molecule has 0 aliphatic carbocycles. The molecule has 92 valence electrons. The van der Waals surface area contributed by atoms with Gasteiger partial charge in [-0.1, -0.05) is 0 Å². The number of aromatic carboxylic acids is 1. The van der Waals surface area contributed by atoms with E-state index in [4.69, 9.17) is 5.11 Å². The second-order valence-electron chi connectivity index (χ2n) is 3.67. The zero-order valence-corrected chi connectivity index (χ0v) is 9.40. The van der Waals surface area contributed by atoms with Gasteiger partial charge in [-0.05, 0) is 25.1 Å². The highest BCUT2D eigenvalue weighted by Crippen LogP contribution is 2.22. The first-order chi connectivity index (χ1) is 8.49. The number of hydrogen-bond donors (Lipinski definition) is 1. The molecular weight excluding hydrogens is 238 g/mol. The fourth-order valence-corrected chi connectivity index (χ4v) is 1.55. The summed E-state index contributed by atoms with van der Waals surface area (Å²) in [6.07, 6.45) is 1.65. The molecule has 0 radical (unpaired) electrons. The summed E-state index contributed by atoms with van der Waals surface area (Å²) in [5.41, 5.74) is 0.417. The molecule has 2 rings (SSSR count). The van der Waals surface area contributed by atoms with Crippen LogP contribution in [0.2, 0.25) is 0 Å². The number of nitro groups is 1. The first kappa shape index (κ1) is 11.8. The van der Waals surface area contributed by atoms with Crippen LogP contribution in [-0.4, -0.2) is 25.8 Å². The van der Waals surface area contributed by atoms with E-state index in [9.17, 15) is 14.9 Å². The topological polar surface area (TPSA) is 98.3 Å². The first-order valence-corrected chi connectivity index (χ1v) is 5.03. The van der Waals surface area contributed by atoms with Gasteiger partial charge in [0.2, 0.25) is 0 Å². The molecule has 0 fully saturated rings. The van der Waals surface area contributed by atoms with E-state index >= 15 is 0 Å². The molecule has 0 saturated heterocycles. The minimum absolute atomic E-state index is 0.340. The molecule has 0 aliphatic rings. The van der Waals surface area contributed by atoms with Gasteiger partial charge in [-0.25, -0.2) is 9.48 Å². The highest BCUT2D eigenvalue weighted by Gasteiger charge is 2.20. The smallest absolute Gasteiger partial charge is 0.342 e. The number of nitro benzene ring substituents is 1. The Morgan fingerprint density at radius 1 is 1.44 bits per heavy atom. The van der Waals surface area contributed by atoms with Gasteiger partial charge < -0.3 is 5.11 Å². The fraction of sp³-hybridized carbons (Fsp3) is 0.0909. The van der Waals surface area contributed by atoms with Crippen LogP contribution in [0.5, 0.6) is 0 Å². The normalized spacial score (nSPS) is 10.3. The summed E-state index contributed by atoms with van der Waals surface area (Å²) in [6.45, 7) is 1.79. The monoisotopic (exact) mass is 247 g/mol. The van der Waals surface area contributed by atoms with Crippen molar-refractivity contribution >= 4 is 11.7 Å². The van der Waals surface area contributed by atoms with Gasteiger partial charge in [-0.3, -0.25) is 10.1 Å². The number of carbonyl (C=O) groups is 1. The number of aromatic nitrogens is 2. The summed E-state index contributed by atoms with van der Waals surface area (Å²) in [6, 6.07) is 5.61. The molecule has 18 heavy (non-hydrogen) atoms. The molecule has 1 heterocycles. The Balaban J connectivity index is 2.56. The standard InChI is InChI=1S/C11H9N3O4/c1-7-4-5-13(12-7)8-2-3-9(11(15)16)10(6-8)14(17)18/h2-6H,1H3,(H,15,16). The van der Waals surface area contributed by atoms with Gasteiger partial charge in [0.25, 0.3) is 5.69 Å². The van der Waals surface area contributed by atoms with Crippen molar-refractivity contribution in [2.45, 2.75) is 6.92 Å². The van der Waals surface area contributed by atoms with Crippen LogP contribution >= 0.6 is 0 Å². The maximum Gasteiger partial charge on any atom is 0.342 e. The molecule has 2 aromatic rings. The quantitative estimate of drug-likeness (QED) is 0.658. The molecule has 0 unspecified atom stereocenters. The molecular formula is C11H9N3O4. The van der Waals surface area contributed by atoms with E-state index in [2.05, 4.69) is 5.10 Å². The van der Waals surface area contributed by atoms with Crippen molar-refractivity contribution in [3.63, 3.8) is 0 Å². The lowest BCUT2D eigenvalue weighted by atomic mass is 10.1. The van der Waals surface area contributed by atoms with Crippen molar-refractivity contribution in [3.8, 4) is 5.69 Å². The van der Waals surface area contributed by atoms with E-state index in [0.29, 0.717) is 5.69 Å². The third-order valence-electron chi connectivity index (χ3n) is 2.40. The van der Waals surface area contributed by atoms with Crippen LogP contribution in [0.1, 0.15) is 16.1 Å². The molecule has 1 aromatic carbocycles.